The van der Waals surface area contributed by atoms with Gasteiger partial charge in [0.2, 0.25) is 0 Å². The van der Waals surface area contributed by atoms with Crippen LogP contribution in [-0.4, -0.2) is 33.5 Å². The first kappa shape index (κ1) is 25.9. The molecule has 0 aliphatic rings. The van der Waals surface area contributed by atoms with Gasteiger partial charge in [-0.15, -0.1) is 0 Å². The number of amides is 1. The Kier molecular flexibility index (Phi) is 7.27. The average Bonchev–Trinajstić information content (AvgIpc) is 3.58. The number of rotatable bonds is 7. The number of hydrogen-bond acceptors (Lipinski definition) is 6. The number of fused-ring (bicyclic) bond motifs is 1. The number of aryl methyl sites for hydroxylation is 1. The van der Waals surface area contributed by atoms with Crippen molar-refractivity contribution < 1.29 is 13.2 Å². The van der Waals surface area contributed by atoms with E-state index in [9.17, 15) is 13.2 Å². The van der Waals surface area contributed by atoms with E-state index in [-0.39, 0.29) is 28.7 Å². The van der Waals surface area contributed by atoms with Crippen LogP contribution in [0.15, 0.2) is 90.3 Å². The Morgan fingerprint density at radius 2 is 1.87 bits per heavy atom. The molecule has 1 amide bonds. The molecule has 0 saturated carbocycles. The molecule has 0 atom stereocenters. The van der Waals surface area contributed by atoms with Gasteiger partial charge in [-0.25, -0.2) is 13.4 Å². The Hall–Kier alpha value is -4.72. The van der Waals surface area contributed by atoms with Gasteiger partial charge in [-0.2, -0.15) is 5.10 Å². The van der Waals surface area contributed by atoms with E-state index < -0.39 is 9.84 Å². The predicted octanol–water partition coefficient (Wildman–Crippen LogP) is 2.83. The number of aromatic nitrogens is 4. The molecule has 0 unspecified atom stereocenters. The number of nitrogens with one attached hydrogen (secondary N) is 1. The van der Waals surface area contributed by atoms with Crippen LogP contribution in [0, 0.1) is 11.8 Å². The smallest absolute Gasteiger partial charge is 0.251 e. The first-order chi connectivity index (χ1) is 18.8. The summed E-state index contributed by atoms with van der Waals surface area (Å²) in [5, 5.41) is 7.09. The molecule has 0 fully saturated rings. The third kappa shape index (κ3) is 6.06. The zero-order chi connectivity index (χ0) is 27.4. The minimum absolute atomic E-state index is 0.0388. The van der Waals surface area contributed by atoms with Crippen LogP contribution in [0.1, 0.15) is 38.3 Å². The summed E-state index contributed by atoms with van der Waals surface area (Å²) in [6.07, 6.45) is 7.11. The molecule has 0 aliphatic heterocycles. The number of sulfone groups is 1. The second-order valence-corrected chi connectivity index (χ2v) is 11.0. The monoisotopic (exact) mass is 538 g/mol. The molecule has 5 rings (SSSR count). The van der Waals surface area contributed by atoms with Gasteiger partial charge >= 0.3 is 0 Å². The van der Waals surface area contributed by atoms with Gasteiger partial charge in [-0.05, 0) is 59.7 Å². The molecule has 10 heteroatoms. The summed E-state index contributed by atoms with van der Waals surface area (Å²) >= 11 is 0. The number of nitrogens with zero attached hydrogens (tertiary/aromatic N) is 4. The van der Waals surface area contributed by atoms with Crippen LogP contribution in [0.25, 0.3) is 5.65 Å². The minimum Gasteiger partial charge on any atom is -0.348 e. The van der Waals surface area contributed by atoms with Gasteiger partial charge in [0.15, 0.2) is 9.84 Å². The van der Waals surface area contributed by atoms with E-state index in [0.29, 0.717) is 23.4 Å². The van der Waals surface area contributed by atoms with E-state index in [1.165, 1.54) is 18.2 Å². The molecule has 3 N–H and O–H groups in total. The van der Waals surface area contributed by atoms with Gasteiger partial charge in [0.05, 0.1) is 16.3 Å². The number of imidazole rings is 1. The maximum absolute atomic E-state index is 13.4. The number of nitrogens with two attached hydrogens (primary N) is 1. The summed E-state index contributed by atoms with van der Waals surface area (Å²) in [4.78, 5) is 17.3. The molecule has 0 bridgehead atoms. The highest BCUT2D eigenvalue weighted by molar-refractivity contribution is 7.90. The highest BCUT2D eigenvalue weighted by Crippen LogP contribution is 2.22. The van der Waals surface area contributed by atoms with Crippen molar-refractivity contribution in [3.63, 3.8) is 0 Å². The Bertz CT molecular complexity index is 1840. The Balaban J connectivity index is 1.45. The summed E-state index contributed by atoms with van der Waals surface area (Å²) in [6, 6.07) is 17.3. The largest absolute Gasteiger partial charge is 0.348 e. The molecule has 196 valence electrons. The molecule has 2 aromatic carbocycles. The first-order valence-corrected chi connectivity index (χ1v) is 13.8. The lowest BCUT2D eigenvalue weighted by atomic mass is 10.1. The van der Waals surface area contributed by atoms with Crippen LogP contribution in [0.2, 0.25) is 0 Å². The fourth-order valence-electron chi connectivity index (χ4n) is 4.12. The fraction of sp³-hybridized carbons (Fsp3) is 0.138. The van der Waals surface area contributed by atoms with Gasteiger partial charge in [0.1, 0.15) is 5.65 Å². The molecular weight excluding hydrogens is 512 g/mol. The van der Waals surface area contributed by atoms with Crippen LogP contribution in [0.5, 0.6) is 0 Å². The molecule has 0 aliphatic carbocycles. The van der Waals surface area contributed by atoms with Gasteiger partial charge in [-0.1, -0.05) is 24.0 Å². The first-order valence-electron chi connectivity index (χ1n) is 12.2. The van der Waals surface area contributed by atoms with Crippen molar-refractivity contribution in [2.75, 3.05) is 0 Å². The second-order valence-electron chi connectivity index (χ2n) is 9.02. The average molecular weight is 539 g/mol. The van der Waals surface area contributed by atoms with Crippen LogP contribution in [-0.2, 0) is 35.7 Å². The molecule has 39 heavy (non-hydrogen) atoms. The molecule has 9 nitrogen and oxygen atoms in total. The summed E-state index contributed by atoms with van der Waals surface area (Å²) in [5.74, 6) is 5.37. The zero-order valence-corrected chi connectivity index (χ0v) is 22.0. The van der Waals surface area contributed by atoms with Crippen molar-refractivity contribution in [1.82, 2.24) is 24.5 Å². The highest BCUT2D eigenvalue weighted by atomic mass is 32.2. The van der Waals surface area contributed by atoms with Gasteiger partial charge in [-0.3, -0.25) is 9.48 Å². The maximum atomic E-state index is 13.4. The number of carbonyl (C=O) groups is 1. The summed E-state index contributed by atoms with van der Waals surface area (Å²) in [5.41, 5.74) is 9.96. The van der Waals surface area contributed by atoms with Crippen LogP contribution >= 0.6 is 0 Å². The van der Waals surface area contributed by atoms with Crippen molar-refractivity contribution in [3.05, 3.63) is 119 Å². The number of benzene rings is 2. The van der Waals surface area contributed by atoms with E-state index in [4.69, 9.17) is 5.73 Å². The zero-order valence-electron chi connectivity index (χ0n) is 21.2. The quantitative estimate of drug-likeness (QED) is 0.307. The molecule has 5 aromatic rings. The van der Waals surface area contributed by atoms with E-state index >= 15 is 0 Å². The van der Waals surface area contributed by atoms with Crippen LogP contribution in [0.3, 0.4) is 0 Å². The Morgan fingerprint density at radius 1 is 1.00 bits per heavy atom. The standard InChI is InChI=1S/C29H26N6O3S/c1-34-12-10-26(33-34)20-39(37,38)27-8-7-25(17-24(27)6-5-21-3-2-4-22(15-21)18-30)29(36)32-19-23-9-13-35-14-11-31-28(35)16-23/h2-4,7-17H,18-20,30H2,1H3,(H,32,36). The lowest BCUT2D eigenvalue weighted by Crippen LogP contribution is -2.23. The summed E-state index contributed by atoms with van der Waals surface area (Å²) in [7, 11) is -2.07. The van der Waals surface area contributed by atoms with E-state index in [1.54, 1.807) is 30.2 Å². The van der Waals surface area contributed by atoms with Crippen molar-refractivity contribution in [2.24, 2.45) is 12.8 Å². The Morgan fingerprint density at radius 3 is 2.67 bits per heavy atom. The molecule has 0 saturated heterocycles. The van der Waals surface area contributed by atoms with Crippen LogP contribution in [0.4, 0.5) is 0 Å². The maximum Gasteiger partial charge on any atom is 0.251 e. The number of hydrogen-bond donors (Lipinski definition) is 2. The second kappa shape index (κ2) is 10.9. The van der Waals surface area contributed by atoms with Crippen molar-refractivity contribution >= 4 is 21.4 Å². The van der Waals surface area contributed by atoms with E-state index in [1.807, 2.05) is 53.2 Å². The van der Waals surface area contributed by atoms with Crippen molar-refractivity contribution in [2.45, 2.75) is 23.7 Å². The Labute approximate surface area is 226 Å². The van der Waals surface area contributed by atoms with Gasteiger partial charge in [0, 0.05) is 61.6 Å². The van der Waals surface area contributed by atoms with Crippen molar-refractivity contribution in [1.29, 1.82) is 0 Å². The number of pyridine rings is 1. The number of carbonyl (C=O) groups excluding carboxylic acids is 1. The summed E-state index contributed by atoms with van der Waals surface area (Å²) < 4.78 is 30.2. The van der Waals surface area contributed by atoms with E-state index in [2.05, 4.69) is 27.2 Å². The SMILES string of the molecule is Cn1ccc(CS(=O)(=O)c2ccc(C(=O)NCc3ccn4ccnc4c3)cc2C#Cc2cccc(CN)c2)n1. The molecule has 3 heterocycles. The fourth-order valence-corrected chi connectivity index (χ4v) is 5.53. The molecule has 0 radical (unpaired) electrons. The molecule has 3 aromatic heterocycles. The van der Waals surface area contributed by atoms with Crippen molar-refractivity contribution in [3.8, 4) is 11.8 Å². The predicted molar refractivity (Wildman–Crippen MR) is 147 cm³/mol. The lowest BCUT2D eigenvalue weighted by Gasteiger charge is -2.10. The van der Waals surface area contributed by atoms with Gasteiger partial charge < -0.3 is 15.5 Å². The topological polar surface area (TPSA) is 124 Å². The molecular formula is C29H26N6O3S. The van der Waals surface area contributed by atoms with E-state index in [0.717, 1.165) is 16.8 Å². The third-order valence-corrected chi connectivity index (χ3v) is 7.81. The minimum atomic E-state index is -3.80. The lowest BCUT2D eigenvalue weighted by molar-refractivity contribution is 0.0950. The summed E-state index contributed by atoms with van der Waals surface area (Å²) in [6.45, 7) is 0.650. The third-order valence-electron chi connectivity index (χ3n) is 6.10. The van der Waals surface area contributed by atoms with Crippen LogP contribution < -0.4 is 11.1 Å². The van der Waals surface area contributed by atoms with Gasteiger partial charge in [0.25, 0.3) is 5.91 Å². The highest BCUT2D eigenvalue weighted by Gasteiger charge is 2.22. The molecule has 0 spiro atoms. The normalized spacial score (nSPS) is 11.2.